The summed E-state index contributed by atoms with van der Waals surface area (Å²) in [6.07, 6.45) is 5.13. The molecule has 0 aliphatic carbocycles. The maximum Gasteiger partial charge on any atom is 0.224 e. The number of piperidine rings is 1. The molecular weight excluding hydrogens is 349 g/mol. The zero-order valence-electron chi connectivity index (χ0n) is 13.6. The van der Waals surface area contributed by atoms with Crippen LogP contribution in [-0.4, -0.2) is 23.9 Å². The molecule has 1 aromatic carbocycles. The van der Waals surface area contributed by atoms with E-state index in [-0.39, 0.29) is 24.2 Å². The lowest BCUT2D eigenvalue weighted by Gasteiger charge is -2.28. The van der Waals surface area contributed by atoms with Crippen molar-refractivity contribution < 1.29 is 9.59 Å². The van der Waals surface area contributed by atoms with Crippen molar-refractivity contribution in [2.24, 2.45) is 5.92 Å². The molecule has 2 aliphatic heterocycles. The topological polar surface area (TPSA) is 70.2 Å². The Morgan fingerprint density at radius 1 is 1.17 bits per heavy atom. The molecule has 0 saturated carbocycles. The van der Waals surface area contributed by atoms with E-state index in [0.29, 0.717) is 40.8 Å². The Labute approximate surface area is 153 Å². The Kier molecular flexibility index (Phi) is 6.49. The first kappa shape index (κ1) is 19.0. The summed E-state index contributed by atoms with van der Waals surface area (Å²) in [5.41, 5.74) is 1.12. The number of anilines is 2. The van der Waals surface area contributed by atoms with E-state index in [1.807, 2.05) is 0 Å². The van der Waals surface area contributed by atoms with Crippen molar-refractivity contribution in [2.45, 2.75) is 51.1 Å². The van der Waals surface area contributed by atoms with Crippen LogP contribution in [0.15, 0.2) is 18.2 Å². The molecule has 0 radical (unpaired) electrons. The van der Waals surface area contributed by atoms with E-state index in [1.165, 1.54) is 19.8 Å². The van der Waals surface area contributed by atoms with Crippen molar-refractivity contribution in [3.63, 3.8) is 0 Å². The lowest BCUT2D eigenvalue weighted by molar-refractivity contribution is -0.117. The van der Waals surface area contributed by atoms with Crippen LogP contribution in [-0.2, 0) is 9.59 Å². The molecule has 2 heterocycles. The fourth-order valence-electron chi connectivity index (χ4n) is 3.72. The maximum absolute atomic E-state index is 12.4. The molecule has 2 unspecified atom stereocenters. The summed E-state index contributed by atoms with van der Waals surface area (Å²) in [5, 5.41) is 9.71. The standard InChI is InChI=1S/C17H22ClN3O2.ClH/c1-10(22)19-16-9-12(18)2-5-15(16)21-17(23)8-11-6-13-3-4-14(7-11)20-13;/h2,5,9,11,13-14,20H,3-4,6-8H2,1H3,(H,19,22)(H,21,23);1H. The van der Waals surface area contributed by atoms with Crippen molar-refractivity contribution in [1.29, 1.82) is 0 Å². The predicted molar refractivity (Wildman–Crippen MR) is 98.9 cm³/mol. The Morgan fingerprint density at radius 3 is 2.46 bits per heavy atom. The van der Waals surface area contributed by atoms with Gasteiger partial charge in [-0.3, -0.25) is 9.59 Å². The van der Waals surface area contributed by atoms with Crippen LogP contribution in [0.25, 0.3) is 0 Å². The van der Waals surface area contributed by atoms with Gasteiger partial charge in [-0.2, -0.15) is 0 Å². The first-order valence-corrected chi connectivity index (χ1v) is 8.50. The second-order valence-electron chi connectivity index (χ2n) is 6.60. The molecule has 5 nitrogen and oxygen atoms in total. The first-order chi connectivity index (χ1) is 11.0. The quantitative estimate of drug-likeness (QED) is 0.757. The molecule has 2 aliphatic rings. The van der Waals surface area contributed by atoms with Gasteiger partial charge in [0.1, 0.15) is 0 Å². The summed E-state index contributed by atoms with van der Waals surface area (Å²) in [7, 11) is 0. The Hall–Kier alpha value is -1.30. The van der Waals surface area contributed by atoms with Gasteiger partial charge in [0.15, 0.2) is 0 Å². The highest BCUT2D eigenvalue weighted by Gasteiger charge is 2.34. The molecule has 3 rings (SSSR count). The highest BCUT2D eigenvalue weighted by molar-refractivity contribution is 6.31. The third-order valence-electron chi connectivity index (χ3n) is 4.61. The van der Waals surface area contributed by atoms with Crippen molar-refractivity contribution in [3.8, 4) is 0 Å². The van der Waals surface area contributed by atoms with Crippen LogP contribution in [0.5, 0.6) is 0 Å². The molecular formula is C17H23Cl2N3O2. The van der Waals surface area contributed by atoms with Crippen LogP contribution < -0.4 is 16.0 Å². The van der Waals surface area contributed by atoms with Crippen LogP contribution in [0.4, 0.5) is 11.4 Å². The van der Waals surface area contributed by atoms with Gasteiger partial charge in [0, 0.05) is 30.5 Å². The van der Waals surface area contributed by atoms with Gasteiger partial charge >= 0.3 is 0 Å². The van der Waals surface area contributed by atoms with Gasteiger partial charge in [-0.25, -0.2) is 0 Å². The second kappa shape index (κ2) is 8.19. The van der Waals surface area contributed by atoms with Crippen LogP contribution in [0.1, 0.15) is 39.0 Å². The smallest absolute Gasteiger partial charge is 0.224 e. The molecule has 2 saturated heterocycles. The third-order valence-corrected chi connectivity index (χ3v) is 4.85. The lowest BCUT2D eigenvalue weighted by Crippen LogP contribution is -2.39. The minimum absolute atomic E-state index is 0. The monoisotopic (exact) mass is 371 g/mol. The summed E-state index contributed by atoms with van der Waals surface area (Å²) in [4.78, 5) is 23.6. The molecule has 24 heavy (non-hydrogen) atoms. The number of nitrogens with one attached hydrogen (secondary N) is 3. The van der Waals surface area contributed by atoms with Crippen molar-refractivity contribution in [1.82, 2.24) is 5.32 Å². The summed E-state index contributed by atoms with van der Waals surface area (Å²) in [6.45, 7) is 1.43. The highest BCUT2D eigenvalue weighted by atomic mass is 35.5. The van der Waals surface area contributed by atoms with Gasteiger partial charge in [-0.15, -0.1) is 12.4 Å². The fraction of sp³-hybridized carbons (Fsp3) is 0.529. The number of hydrogen-bond donors (Lipinski definition) is 3. The normalized spacial score (nSPS) is 24.8. The van der Waals surface area contributed by atoms with Gasteiger partial charge in [-0.05, 0) is 49.8 Å². The molecule has 2 fully saturated rings. The highest BCUT2D eigenvalue weighted by Crippen LogP contribution is 2.33. The van der Waals surface area contributed by atoms with Crippen molar-refractivity contribution >= 4 is 47.2 Å². The molecule has 0 aromatic heterocycles. The lowest BCUT2D eigenvalue weighted by atomic mass is 9.89. The van der Waals surface area contributed by atoms with Gasteiger partial charge in [-0.1, -0.05) is 11.6 Å². The average molecular weight is 372 g/mol. The van der Waals surface area contributed by atoms with Gasteiger partial charge in [0.2, 0.25) is 11.8 Å². The number of benzene rings is 1. The van der Waals surface area contributed by atoms with E-state index in [0.717, 1.165) is 12.8 Å². The van der Waals surface area contributed by atoms with E-state index in [1.54, 1.807) is 18.2 Å². The number of hydrogen-bond acceptors (Lipinski definition) is 3. The van der Waals surface area contributed by atoms with Crippen LogP contribution in [0.2, 0.25) is 5.02 Å². The number of carbonyl (C=O) groups excluding carboxylic acids is 2. The minimum atomic E-state index is -0.197. The number of fused-ring (bicyclic) bond motifs is 2. The predicted octanol–water partition coefficient (Wildman–Crippen LogP) is 3.58. The summed E-state index contributed by atoms with van der Waals surface area (Å²) in [6, 6.07) is 6.22. The summed E-state index contributed by atoms with van der Waals surface area (Å²) < 4.78 is 0. The minimum Gasteiger partial charge on any atom is -0.324 e. The summed E-state index contributed by atoms with van der Waals surface area (Å²) in [5.74, 6) is 0.230. The Bertz CT molecular complexity index is 612. The van der Waals surface area contributed by atoms with Gasteiger partial charge in [0.25, 0.3) is 0 Å². The van der Waals surface area contributed by atoms with Crippen LogP contribution >= 0.6 is 24.0 Å². The number of rotatable bonds is 4. The molecule has 7 heteroatoms. The van der Waals surface area contributed by atoms with Crippen molar-refractivity contribution in [2.75, 3.05) is 10.6 Å². The third kappa shape index (κ3) is 4.85. The SMILES string of the molecule is CC(=O)Nc1cc(Cl)ccc1NC(=O)CC1CC2CCC(C1)N2.Cl. The van der Waals surface area contributed by atoms with E-state index < -0.39 is 0 Å². The first-order valence-electron chi connectivity index (χ1n) is 8.12. The van der Waals surface area contributed by atoms with E-state index in [2.05, 4.69) is 16.0 Å². The summed E-state index contributed by atoms with van der Waals surface area (Å²) >= 11 is 5.96. The molecule has 2 bridgehead atoms. The number of amides is 2. The van der Waals surface area contributed by atoms with E-state index >= 15 is 0 Å². The average Bonchev–Trinajstić information content (AvgIpc) is 2.80. The number of halogens is 2. The zero-order chi connectivity index (χ0) is 16.4. The zero-order valence-corrected chi connectivity index (χ0v) is 15.2. The van der Waals surface area contributed by atoms with E-state index in [4.69, 9.17) is 11.6 Å². The molecule has 3 N–H and O–H groups in total. The number of carbonyl (C=O) groups is 2. The molecule has 0 spiro atoms. The van der Waals surface area contributed by atoms with Gasteiger partial charge in [0.05, 0.1) is 11.4 Å². The second-order valence-corrected chi connectivity index (χ2v) is 7.04. The largest absolute Gasteiger partial charge is 0.324 e. The Balaban J connectivity index is 0.00000208. The van der Waals surface area contributed by atoms with Crippen LogP contribution in [0.3, 0.4) is 0 Å². The fourth-order valence-corrected chi connectivity index (χ4v) is 3.90. The van der Waals surface area contributed by atoms with E-state index in [9.17, 15) is 9.59 Å². The maximum atomic E-state index is 12.4. The molecule has 2 amide bonds. The molecule has 132 valence electrons. The molecule has 2 atom stereocenters. The molecule has 1 aromatic rings. The Morgan fingerprint density at radius 2 is 1.83 bits per heavy atom. The van der Waals surface area contributed by atoms with Crippen LogP contribution in [0, 0.1) is 5.92 Å². The van der Waals surface area contributed by atoms with Crippen molar-refractivity contribution in [3.05, 3.63) is 23.2 Å². The van der Waals surface area contributed by atoms with Gasteiger partial charge < -0.3 is 16.0 Å².